The third kappa shape index (κ3) is 5.15. The number of aryl methyl sites for hydroxylation is 3. The summed E-state index contributed by atoms with van der Waals surface area (Å²) >= 11 is 1.11. The minimum atomic E-state index is -0.590. The number of hydrogen-bond donors (Lipinski definition) is 2. The lowest BCUT2D eigenvalue weighted by Crippen LogP contribution is -2.35. The van der Waals surface area contributed by atoms with E-state index in [0.29, 0.717) is 22.3 Å². The minimum Gasteiger partial charge on any atom is -0.494 e. The number of urea groups is 1. The Morgan fingerprint density at radius 3 is 2.57 bits per heavy atom. The van der Waals surface area contributed by atoms with Gasteiger partial charge < -0.3 is 10.1 Å². The molecule has 0 bridgehead atoms. The van der Waals surface area contributed by atoms with Crippen molar-refractivity contribution in [3.8, 4) is 11.4 Å². The van der Waals surface area contributed by atoms with Crippen LogP contribution in [0.2, 0.25) is 0 Å². The van der Waals surface area contributed by atoms with E-state index in [9.17, 15) is 9.59 Å². The Bertz CT molecular complexity index is 1080. The van der Waals surface area contributed by atoms with Gasteiger partial charge in [0.1, 0.15) is 11.4 Å². The van der Waals surface area contributed by atoms with Gasteiger partial charge in [-0.25, -0.2) is 4.79 Å². The SMILES string of the molecule is COc1ccc(C)cc1-n1nnnc1SCC(=O)NC(=O)Nc1ccc(C)cc1C. The van der Waals surface area contributed by atoms with Crippen molar-refractivity contribution in [1.82, 2.24) is 25.5 Å². The zero-order valence-electron chi connectivity index (χ0n) is 17.1. The van der Waals surface area contributed by atoms with E-state index in [1.807, 2.05) is 51.1 Å². The number of nitrogens with zero attached hydrogens (tertiary/aromatic N) is 4. The molecule has 0 saturated heterocycles. The fourth-order valence-electron chi connectivity index (χ4n) is 2.79. The number of aromatic nitrogens is 4. The average molecular weight is 427 g/mol. The van der Waals surface area contributed by atoms with E-state index >= 15 is 0 Å². The molecule has 0 spiro atoms. The topological polar surface area (TPSA) is 111 Å². The fraction of sp³-hybridized carbons (Fsp3) is 0.250. The van der Waals surface area contributed by atoms with Gasteiger partial charge in [-0.3, -0.25) is 10.1 Å². The largest absolute Gasteiger partial charge is 0.494 e. The van der Waals surface area contributed by atoms with Crippen LogP contribution in [-0.2, 0) is 4.79 Å². The van der Waals surface area contributed by atoms with Crippen LogP contribution in [0.25, 0.3) is 5.69 Å². The first-order chi connectivity index (χ1) is 14.4. The van der Waals surface area contributed by atoms with E-state index in [1.165, 1.54) is 4.68 Å². The van der Waals surface area contributed by atoms with Crippen molar-refractivity contribution in [3.05, 3.63) is 53.1 Å². The third-order valence-electron chi connectivity index (χ3n) is 4.22. The molecule has 3 amide bonds. The number of hydrogen-bond acceptors (Lipinski definition) is 7. The molecule has 0 atom stereocenters. The first-order valence-electron chi connectivity index (χ1n) is 9.11. The van der Waals surface area contributed by atoms with Crippen LogP contribution in [0.3, 0.4) is 0 Å². The van der Waals surface area contributed by atoms with E-state index in [4.69, 9.17) is 4.74 Å². The monoisotopic (exact) mass is 426 g/mol. The van der Waals surface area contributed by atoms with Crippen LogP contribution in [-0.4, -0.2) is 45.0 Å². The van der Waals surface area contributed by atoms with Gasteiger partial charge in [0, 0.05) is 5.69 Å². The van der Waals surface area contributed by atoms with Crippen LogP contribution in [0.4, 0.5) is 10.5 Å². The van der Waals surface area contributed by atoms with Gasteiger partial charge in [0.05, 0.1) is 12.9 Å². The average Bonchev–Trinajstić information content (AvgIpc) is 3.17. The molecule has 0 aliphatic rings. The quantitative estimate of drug-likeness (QED) is 0.583. The second-order valence-corrected chi connectivity index (χ2v) is 7.60. The number of thioether (sulfide) groups is 1. The second-order valence-electron chi connectivity index (χ2n) is 6.66. The molecule has 3 aromatic rings. The number of ether oxygens (including phenoxy) is 1. The van der Waals surface area contributed by atoms with Gasteiger partial charge in [0.25, 0.3) is 0 Å². The summed E-state index contributed by atoms with van der Waals surface area (Å²) in [5.74, 6) is 0.106. The Morgan fingerprint density at radius 1 is 1.10 bits per heavy atom. The molecule has 9 nitrogen and oxygen atoms in total. The Morgan fingerprint density at radius 2 is 1.83 bits per heavy atom. The second kappa shape index (κ2) is 9.40. The van der Waals surface area contributed by atoms with Crippen molar-refractivity contribution in [1.29, 1.82) is 0 Å². The van der Waals surface area contributed by atoms with Crippen molar-refractivity contribution in [2.75, 3.05) is 18.2 Å². The first kappa shape index (κ1) is 21.3. The first-order valence-corrected chi connectivity index (χ1v) is 10.1. The summed E-state index contributed by atoms with van der Waals surface area (Å²) in [5, 5.41) is 17.0. The maximum Gasteiger partial charge on any atom is 0.325 e. The van der Waals surface area contributed by atoms with Crippen molar-refractivity contribution in [3.63, 3.8) is 0 Å². The van der Waals surface area contributed by atoms with Crippen LogP contribution in [0, 0.1) is 20.8 Å². The van der Waals surface area contributed by atoms with Crippen LogP contribution in [0.1, 0.15) is 16.7 Å². The zero-order chi connectivity index (χ0) is 21.7. The molecular formula is C20H22N6O3S. The van der Waals surface area contributed by atoms with Gasteiger partial charge in [-0.15, -0.1) is 5.10 Å². The molecule has 1 aromatic heterocycles. The summed E-state index contributed by atoms with van der Waals surface area (Å²) in [7, 11) is 1.56. The van der Waals surface area contributed by atoms with Crippen LogP contribution in [0.15, 0.2) is 41.6 Å². The standard InChI is InChI=1S/C20H22N6O3S/c1-12-5-7-15(14(3)9-12)21-19(28)22-18(27)11-30-20-23-24-25-26(20)16-10-13(2)6-8-17(16)29-4/h5-10H,11H2,1-4H3,(H2,21,22,27,28). The number of carbonyl (C=O) groups excluding carboxylic acids is 2. The van der Waals surface area contributed by atoms with Gasteiger partial charge >= 0.3 is 6.03 Å². The number of tetrazole rings is 1. The number of anilines is 1. The molecule has 0 fully saturated rings. The lowest BCUT2D eigenvalue weighted by atomic mass is 10.1. The predicted octanol–water partition coefficient (Wildman–Crippen LogP) is 3.04. The lowest BCUT2D eigenvalue weighted by molar-refractivity contribution is -0.117. The Hall–Kier alpha value is -3.40. The zero-order valence-corrected chi connectivity index (χ0v) is 17.9. The number of amides is 3. The van der Waals surface area contributed by atoms with E-state index in [1.54, 1.807) is 13.2 Å². The number of rotatable bonds is 6. The number of carbonyl (C=O) groups is 2. The third-order valence-corrected chi connectivity index (χ3v) is 5.14. The summed E-state index contributed by atoms with van der Waals surface area (Å²) in [6, 6.07) is 10.7. The highest BCUT2D eigenvalue weighted by atomic mass is 32.2. The normalized spacial score (nSPS) is 10.5. The summed E-state index contributed by atoms with van der Waals surface area (Å²) in [4.78, 5) is 24.3. The van der Waals surface area contributed by atoms with Crippen molar-refractivity contribution in [2.24, 2.45) is 0 Å². The summed E-state index contributed by atoms with van der Waals surface area (Å²) < 4.78 is 6.87. The van der Waals surface area contributed by atoms with Gasteiger partial charge in [-0.1, -0.05) is 35.5 Å². The summed E-state index contributed by atoms with van der Waals surface area (Å²) in [5.41, 5.74) is 4.33. The number of benzene rings is 2. The van der Waals surface area contributed by atoms with Gasteiger partial charge in [-0.05, 0) is 60.5 Å². The number of imide groups is 1. The minimum absolute atomic E-state index is 0.0329. The molecule has 2 N–H and O–H groups in total. The predicted molar refractivity (Wildman–Crippen MR) is 114 cm³/mol. The van der Waals surface area contributed by atoms with E-state index in [0.717, 1.165) is 28.5 Å². The molecule has 0 saturated carbocycles. The highest BCUT2D eigenvalue weighted by molar-refractivity contribution is 7.99. The van der Waals surface area contributed by atoms with E-state index in [2.05, 4.69) is 26.2 Å². The Kier molecular flexibility index (Phi) is 6.68. The molecular weight excluding hydrogens is 404 g/mol. The molecule has 10 heteroatoms. The highest BCUT2D eigenvalue weighted by Crippen LogP contribution is 2.26. The van der Waals surface area contributed by atoms with Crippen molar-refractivity contribution >= 4 is 29.4 Å². The molecule has 0 radical (unpaired) electrons. The number of nitrogens with one attached hydrogen (secondary N) is 2. The van der Waals surface area contributed by atoms with Gasteiger partial charge in [0.15, 0.2) is 0 Å². The van der Waals surface area contributed by atoms with Crippen LogP contribution in [0.5, 0.6) is 5.75 Å². The highest BCUT2D eigenvalue weighted by Gasteiger charge is 2.16. The molecule has 0 aliphatic carbocycles. The van der Waals surface area contributed by atoms with E-state index < -0.39 is 11.9 Å². The maximum absolute atomic E-state index is 12.2. The molecule has 0 aliphatic heterocycles. The Labute approximate surface area is 178 Å². The van der Waals surface area contributed by atoms with Crippen LogP contribution >= 0.6 is 11.8 Å². The van der Waals surface area contributed by atoms with Crippen LogP contribution < -0.4 is 15.4 Å². The summed E-state index contributed by atoms with van der Waals surface area (Å²) in [6.45, 7) is 5.80. The fourth-order valence-corrected chi connectivity index (χ4v) is 3.47. The maximum atomic E-state index is 12.2. The van der Waals surface area contributed by atoms with Gasteiger partial charge in [-0.2, -0.15) is 4.68 Å². The molecule has 156 valence electrons. The summed E-state index contributed by atoms with van der Waals surface area (Å²) in [6.07, 6.45) is 0. The molecule has 3 rings (SSSR count). The van der Waals surface area contributed by atoms with Gasteiger partial charge in [0.2, 0.25) is 11.1 Å². The smallest absolute Gasteiger partial charge is 0.325 e. The molecule has 1 heterocycles. The number of methoxy groups -OCH3 is 1. The van der Waals surface area contributed by atoms with E-state index in [-0.39, 0.29) is 5.75 Å². The Balaban J connectivity index is 1.62. The van der Waals surface area contributed by atoms with Crippen molar-refractivity contribution in [2.45, 2.75) is 25.9 Å². The molecule has 30 heavy (non-hydrogen) atoms. The van der Waals surface area contributed by atoms with Crippen molar-refractivity contribution < 1.29 is 14.3 Å². The lowest BCUT2D eigenvalue weighted by Gasteiger charge is -2.11. The molecule has 0 unspecified atom stereocenters. The molecule has 2 aromatic carbocycles.